The summed E-state index contributed by atoms with van der Waals surface area (Å²) in [4.78, 5) is 24.1. The monoisotopic (exact) mass is 418 g/mol. The van der Waals surface area contributed by atoms with Gasteiger partial charge in [-0.25, -0.2) is 0 Å². The minimum absolute atomic E-state index is 0.0665. The molecule has 138 valence electrons. The van der Waals surface area contributed by atoms with Gasteiger partial charge in [-0.3, -0.25) is 9.59 Å². The minimum Gasteiger partial charge on any atom is -0.492 e. The van der Waals surface area contributed by atoms with Crippen LogP contribution in [0.2, 0.25) is 0 Å². The van der Waals surface area contributed by atoms with Gasteiger partial charge in [0.25, 0.3) is 5.91 Å². The van der Waals surface area contributed by atoms with Crippen LogP contribution in [0.5, 0.6) is 5.75 Å². The lowest BCUT2D eigenvalue weighted by Crippen LogP contribution is -2.14. The molecule has 2 amide bonds. The van der Waals surface area contributed by atoms with Crippen LogP contribution in [0.15, 0.2) is 40.9 Å². The van der Waals surface area contributed by atoms with Crippen LogP contribution in [0, 0.1) is 6.92 Å². The fraction of sp³-hybridized carbons (Fsp3) is 0.300. The summed E-state index contributed by atoms with van der Waals surface area (Å²) in [6.07, 6.45) is 1.31. The van der Waals surface area contributed by atoms with E-state index in [1.807, 2.05) is 26.0 Å². The molecule has 0 fully saturated rings. The molecule has 0 radical (unpaired) electrons. The molecule has 2 rings (SSSR count). The van der Waals surface area contributed by atoms with Gasteiger partial charge in [0.2, 0.25) is 5.91 Å². The number of nitrogens with one attached hydrogen (secondary N) is 2. The molecule has 0 unspecified atom stereocenters. The number of anilines is 2. The van der Waals surface area contributed by atoms with Crippen molar-refractivity contribution in [3.63, 3.8) is 0 Å². The molecule has 0 saturated heterocycles. The molecule has 0 bridgehead atoms. The zero-order valence-electron chi connectivity index (χ0n) is 15.2. The first-order valence-corrected chi connectivity index (χ1v) is 9.38. The number of amides is 2. The zero-order chi connectivity index (χ0) is 19.1. The highest BCUT2D eigenvalue weighted by molar-refractivity contribution is 9.10. The van der Waals surface area contributed by atoms with Crippen molar-refractivity contribution >= 4 is 39.1 Å². The van der Waals surface area contributed by atoms with E-state index < -0.39 is 0 Å². The van der Waals surface area contributed by atoms with Crippen molar-refractivity contribution in [1.82, 2.24) is 0 Å². The van der Waals surface area contributed by atoms with Gasteiger partial charge < -0.3 is 15.4 Å². The lowest BCUT2D eigenvalue weighted by molar-refractivity contribution is -0.115. The zero-order valence-corrected chi connectivity index (χ0v) is 16.8. The molecule has 0 saturated carbocycles. The summed E-state index contributed by atoms with van der Waals surface area (Å²) in [6.45, 7) is 6.36. The van der Waals surface area contributed by atoms with Crippen LogP contribution in [0.4, 0.5) is 11.4 Å². The number of carbonyl (C=O) groups is 2. The van der Waals surface area contributed by atoms with Crippen LogP contribution in [0.1, 0.15) is 42.6 Å². The molecule has 0 aliphatic rings. The van der Waals surface area contributed by atoms with Crippen molar-refractivity contribution in [1.29, 1.82) is 0 Å². The summed E-state index contributed by atoms with van der Waals surface area (Å²) in [7, 11) is 0. The van der Waals surface area contributed by atoms with Gasteiger partial charge in [-0.05, 0) is 65.2 Å². The third-order valence-corrected chi connectivity index (χ3v) is 4.37. The van der Waals surface area contributed by atoms with Crippen molar-refractivity contribution in [2.24, 2.45) is 0 Å². The van der Waals surface area contributed by atoms with Crippen LogP contribution >= 0.6 is 15.9 Å². The molecular weight excluding hydrogens is 396 g/mol. The second-order valence-electron chi connectivity index (χ2n) is 5.88. The van der Waals surface area contributed by atoms with Crippen molar-refractivity contribution in [2.75, 3.05) is 17.2 Å². The normalized spacial score (nSPS) is 10.3. The first-order valence-electron chi connectivity index (χ1n) is 8.58. The number of ether oxygens (including phenoxy) is 1. The van der Waals surface area contributed by atoms with Gasteiger partial charge >= 0.3 is 0 Å². The first kappa shape index (κ1) is 20.0. The molecule has 0 aliphatic heterocycles. The fourth-order valence-electron chi connectivity index (χ4n) is 2.25. The van der Waals surface area contributed by atoms with Crippen molar-refractivity contribution in [3.05, 3.63) is 52.0 Å². The maximum atomic E-state index is 12.5. The topological polar surface area (TPSA) is 67.4 Å². The second kappa shape index (κ2) is 9.38. The molecule has 6 heteroatoms. The van der Waals surface area contributed by atoms with E-state index in [2.05, 4.69) is 26.6 Å². The van der Waals surface area contributed by atoms with E-state index in [9.17, 15) is 9.59 Å². The van der Waals surface area contributed by atoms with E-state index in [0.29, 0.717) is 35.7 Å². The molecule has 0 atom stereocenters. The fourth-order valence-corrected chi connectivity index (χ4v) is 2.74. The van der Waals surface area contributed by atoms with Crippen LogP contribution in [-0.2, 0) is 4.79 Å². The first-order chi connectivity index (χ1) is 12.4. The third-order valence-electron chi connectivity index (χ3n) is 3.75. The molecule has 0 spiro atoms. The lowest BCUT2D eigenvalue weighted by atomic mass is 10.1. The van der Waals surface area contributed by atoms with Crippen molar-refractivity contribution in [2.45, 2.75) is 33.6 Å². The Kier molecular flexibility index (Phi) is 7.21. The van der Waals surface area contributed by atoms with E-state index in [1.54, 1.807) is 31.2 Å². The Morgan fingerprint density at radius 2 is 1.85 bits per heavy atom. The number of rotatable bonds is 7. The van der Waals surface area contributed by atoms with E-state index in [-0.39, 0.29) is 11.8 Å². The highest BCUT2D eigenvalue weighted by atomic mass is 79.9. The number of benzene rings is 2. The van der Waals surface area contributed by atoms with Gasteiger partial charge in [-0.15, -0.1) is 0 Å². The molecule has 5 nitrogen and oxygen atoms in total. The molecule has 2 aromatic rings. The molecule has 2 aromatic carbocycles. The maximum Gasteiger partial charge on any atom is 0.255 e. The van der Waals surface area contributed by atoms with Crippen LogP contribution in [0.25, 0.3) is 0 Å². The molecule has 2 N–H and O–H groups in total. The average Bonchev–Trinajstić information content (AvgIpc) is 2.63. The predicted molar refractivity (Wildman–Crippen MR) is 108 cm³/mol. The highest BCUT2D eigenvalue weighted by Crippen LogP contribution is 2.27. The standard InChI is InChI=1S/C20H23BrN2O3/c1-4-10-26-18-9-7-14(11-16(18)21)20(25)22-15-8-6-13(3)17(12-15)23-19(24)5-2/h6-9,11-12H,4-5,10H2,1-3H3,(H,22,25)(H,23,24). The van der Waals surface area contributed by atoms with Gasteiger partial charge in [0.15, 0.2) is 0 Å². The van der Waals surface area contributed by atoms with Crippen LogP contribution < -0.4 is 15.4 Å². The Hall–Kier alpha value is -2.34. The van der Waals surface area contributed by atoms with E-state index >= 15 is 0 Å². The molecule has 26 heavy (non-hydrogen) atoms. The van der Waals surface area contributed by atoms with Gasteiger partial charge in [0, 0.05) is 23.4 Å². The number of halogens is 1. The smallest absolute Gasteiger partial charge is 0.255 e. The van der Waals surface area contributed by atoms with Gasteiger partial charge in [-0.2, -0.15) is 0 Å². The van der Waals surface area contributed by atoms with E-state index in [0.717, 1.165) is 16.5 Å². The molecule has 0 aromatic heterocycles. The van der Waals surface area contributed by atoms with Crippen LogP contribution in [-0.4, -0.2) is 18.4 Å². The van der Waals surface area contributed by atoms with Gasteiger partial charge in [0.05, 0.1) is 11.1 Å². The average molecular weight is 419 g/mol. The molecule has 0 heterocycles. The van der Waals surface area contributed by atoms with Gasteiger partial charge in [-0.1, -0.05) is 19.9 Å². The van der Waals surface area contributed by atoms with Crippen molar-refractivity contribution in [3.8, 4) is 5.75 Å². The summed E-state index contributed by atoms with van der Waals surface area (Å²) in [5, 5.41) is 5.69. The summed E-state index contributed by atoms with van der Waals surface area (Å²) in [5.41, 5.74) is 2.76. The van der Waals surface area contributed by atoms with Crippen LogP contribution in [0.3, 0.4) is 0 Å². The molecule has 0 aliphatic carbocycles. The Balaban J connectivity index is 2.13. The Bertz CT molecular complexity index is 806. The SMILES string of the molecule is CCCOc1ccc(C(=O)Nc2ccc(C)c(NC(=O)CC)c2)cc1Br. The van der Waals surface area contributed by atoms with Gasteiger partial charge in [0.1, 0.15) is 5.75 Å². The number of aryl methyl sites for hydroxylation is 1. The third kappa shape index (κ3) is 5.33. The highest BCUT2D eigenvalue weighted by Gasteiger charge is 2.11. The summed E-state index contributed by atoms with van der Waals surface area (Å²) < 4.78 is 6.33. The summed E-state index contributed by atoms with van der Waals surface area (Å²) >= 11 is 3.43. The Labute approximate surface area is 162 Å². The number of hydrogen-bond acceptors (Lipinski definition) is 3. The number of carbonyl (C=O) groups excluding carboxylic acids is 2. The largest absolute Gasteiger partial charge is 0.492 e. The van der Waals surface area contributed by atoms with Crippen molar-refractivity contribution < 1.29 is 14.3 Å². The molecular formula is C20H23BrN2O3. The minimum atomic E-state index is -0.232. The lowest BCUT2D eigenvalue weighted by Gasteiger charge is -2.12. The van der Waals surface area contributed by atoms with E-state index in [1.165, 1.54) is 0 Å². The van der Waals surface area contributed by atoms with E-state index in [4.69, 9.17) is 4.74 Å². The summed E-state index contributed by atoms with van der Waals surface area (Å²) in [6, 6.07) is 10.7. The maximum absolute atomic E-state index is 12.5. The Morgan fingerprint density at radius 3 is 2.50 bits per heavy atom. The quantitative estimate of drug-likeness (QED) is 0.653. The second-order valence-corrected chi connectivity index (χ2v) is 6.73. The number of hydrogen-bond donors (Lipinski definition) is 2. The summed E-state index contributed by atoms with van der Waals surface area (Å²) in [5.74, 6) is 0.413. The Morgan fingerprint density at radius 1 is 1.08 bits per heavy atom. The predicted octanol–water partition coefficient (Wildman–Crippen LogP) is 5.15.